The number of carbonyl (C=O) groups excluding carboxylic acids is 3. The number of aldehydes is 1. The fourth-order valence-corrected chi connectivity index (χ4v) is 2.78. The second-order valence-corrected chi connectivity index (χ2v) is 12.2. The Morgan fingerprint density at radius 2 is 1.48 bits per heavy atom. The predicted molar refractivity (Wildman–Crippen MR) is 92.3 cm³/mol. The highest BCUT2D eigenvalue weighted by Crippen LogP contribution is 2.36. The van der Waals surface area contributed by atoms with Crippen LogP contribution >= 0.6 is 0 Å². The molecule has 0 bridgehead atoms. The maximum atomic E-state index is 11.3. The van der Waals surface area contributed by atoms with Crippen molar-refractivity contribution in [3.8, 4) is 0 Å². The topological polar surface area (TPSA) is 119 Å². The fraction of sp³-hybridized carbons (Fsp3) is 0.812. The first kappa shape index (κ1) is 23.7. The molecule has 146 valence electrons. The van der Waals surface area contributed by atoms with E-state index in [0.29, 0.717) is 0 Å². The molecule has 25 heavy (non-hydrogen) atoms. The van der Waals surface area contributed by atoms with E-state index in [4.69, 9.17) is 13.9 Å². The molecule has 0 fully saturated rings. The molecule has 0 radical (unpaired) electrons. The second kappa shape index (κ2) is 9.42. The maximum absolute atomic E-state index is 11.3. The highest BCUT2D eigenvalue weighted by molar-refractivity contribution is 6.74. The second-order valence-electron chi connectivity index (χ2n) is 7.41. The molecule has 9 heteroatoms. The summed E-state index contributed by atoms with van der Waals surface area (Å²) in [4.78, 5) is 33.5. The minimum atomic E-state index is -2.20. The minimum absolute atomic E-state index is 0.110. The lowest BCUT2D eigenvalue weighted by Crippen LogP contribution is -2.52. The Labute approximate surface area is 149 Å². The van der Waals surface area contributed by atoms with E-state index in [1.165, 1.54) is 0 Å². The van der Waals surface area contributed by atoms with Crippen LogP contribution < -0.4 is 0 Å². The Balaban J connectivity index is 5.37. The van der Waals surface area contributed by atoms with Gasteiger partial charge in [0.25, 0.3) is 0 Å². The highest BCUT2D eigenvalue weighted by atomic mass is 28.4. The molecule has 4 unspecified atom stereocenters. The summed E-state index contributed by atoms with van der Waals surface area (Å²) in [5.41, 5.74) is 0. The van der Waals surface area contributed by atoms with Gasteiger partial charge in [0.15, 0.2) is 26.8 Å². The van der Waals surface area contributed by atoms with Gasteiger partial charge in [0.05, 0.1) is 6.61 Å². The Bertz CT molecular complexity index is 471. The van der Waals surface area contributed by atoms with Crippen LogP contribution in [0.25, 0.3) is 0 Å². The predicted octanol–water partition coefficient (Wildman–Crippen LogP) is 0.792. The number of aliphatic hydroxyl groups is 2. The third-order valence-electron chi connectivity index (χ3n) is 4.20. The summed E-state index contributed by atoms with van der Waals surface area (Å²) < 4.78 is 15.8. The number of rotatable bonds is 9. The molecule has 0 rings (SSSR count). The standard InChI is InChI=1S/C16H30O8Si/c1-10(18)23-14(12(20)8-17)15(24-11(2)19)13(21)9-22-25(6,7)16(3,4)5/h8,12-15,20-21H,9H2,1-7H3. The van der Waals surface area contributed by atoms with Crippen LogP contribution in [0.3, 0.4) is 0 Å². The molecule has 0 aliphatic carbocycles. The minimum Gasteiger partial charge on any atom is -0.456 e. The molecular weight excluding hydrogens is 348 g/mol. The van der Waals surface area contributed by atoms with Crippen LogP contribution in [0.15, 0.2) is 0 Å². The van der Waals surface area contributed by atoms with Gasteiger partial charge in [0.2, 0.25) is 0 Å². The van der Waals surface area contributed by atoms with E-state index in [0.717, 1.165) is 13.8 Å². The van der Waals surface area contributed by atoms with E-state index in [2.05, 4.69) is 0 Å². The van der Waals surface area contributed by atoms with Crippen molar-refractivity contribution in [3.63, 3.8) is 0 Å². The lowest BCUT2D eigenvalue weighted by molar-refractivity contribution is -0.187. The average Bonchev–Trinajstić information content (AvgIpc) is 2.45. The number of carbonyl (C=O) groups is 3. The molecule has 0 saturated carbocycles. The number of aliphatic hydroxyl groups excluding tert-OH is 2. The summed E-state index contributed by atoms with van der Waals surface area (Å²) >= 11 is 0. The first-order chi connectivity index (χ1) is 11.2. The maximum Gasteiger partial charge on any atom is 0.303 e. The number of hydrogen-bond acceptors (Lipinski definition) is 8. The zero-order valence-electron chi connectivity index (χ0n) is 15.9. The van der Waals surface area contributed by atoms with Crippen LogP contribution in [-0.4, -0.2) is 67.8 Å². The Kier molecular flexibility index (Phi) is 8.93. The van der Waals surface area contributed by atoms with Crippen molar-refractivity contribution in [1.82, 2.24) is 0 Å². The molecular formula is C16H30O8Si. The molecule has 0 saturated heterocycles. The molecule has 0 aliphatic heterocycles. The zero-order valence-corrected chi connectivity index (χ0v) is 16.9. The molecule has 0 aromatic rings. The Hall–Kier alpha value is -1.29. The molecule has 0 aliphatic rings. The molecule has 8 nitrogen and oxygen atoms in total. The van der Waals surface area contributed by atoms with Gasteiger partial charge in [-0.2, -0.15) is 0 Å². The third kappa shape index (κ3) is 7.64. The van der Waals surface area contributed by atoms with Gasteiger partial charge in [-0.15, -0.1) is 0 Å². The molecule has 2 N–H and O–H groups in total. The van der Waals surface area contributed by atoms with Crippen LogP contribution in [0.1, 0.15) is 34.6 Å². The highest BCUT2D eigenvalue weighted by Gasteiger charge is 2.42. The summed E-state index contributed by atoms with van der Waals surface area (Å²) in [6, 6.07) is 0. The SMILES string of the molecule is CC(=O)OC(C(O)C=O)C(OC(C)=O)C(O)CO[Si](C)(C)C(C)(C)C. The first-order valence-electron chi connectivity index (χ1n) is 8.02. The van der Waals surface area contributed by atoms with Crippen molar-refractivity contribution < 1.29 is 38.5 Å². The van der Waals surface area contributed by atoms with Gasteiger partial charge in [-0.05, 0) is 18.1 Å². The quantitative estimate of drug-likeness (QED) is 0.343. The lowest BCUT2D eigenvalue weighted by Gasteiger charge is -2.38. The van der Waals surface area contributed by atoms with E-state index in [1.54, 1.807) is 0 Å². The van der Waals surface area contributed by atoms with Crippen molar-refractivity contribution in [3.05, 3.63) is 0 Å². The van der Waals surface area contributed by atoms with Crippen molar-refractivity contribution >= 4 is 26.5 Å². The Morgan fingerprint density at radius 1 is 1.04 bits per heavy atom. The first-order valence-corrected chi connectivity index (χ1v) is 10.9. The van der Waals surface area contributed by atoms with E-state index in [-0.39, 0.29) is 17.9 Å². The van der Waals surface area contributed by atoms with Crippen molar-refractivity contribution in [2.24, 2.45) is 0 Å². The smallest absolute Gasteiger partial charge is 0.303 e. The van der Waals surface area contributed by atoms with Crippen molar-refractivity contribution in [2.45, 2.75) is 77.2 Å². The monoisotopic (exact) mass is 378 g/mol. The van der Waals surface area contributed by atoms with Crippen LogP contribution in [0.4, 0.5) is 0 Å². The van der Waals surface area contributed by atoms with E-state index < -0.39 is 44.7 Å². The number of ether oxygens (including phenoxy) is 2. The summed E-state index contributed by atoms with van der Waals surface area (Å²) in [5.74, 6) is -1.55. The lowest BCUT2D eigenvalue weighted by atomic mass is 10.0. The van der Waals surface area contributed by atoms with E-state index in [9.17, 15) is 24.6 Å². The summed E-state index contributed by atoms with van der Waals surface area (Å²) in [6.45, 7) is 12.0. The molecule has 0 amide bonds. The van der Waals surface area contributed by atoms with Gasteiger partial charge in [0.1, 0.15) is 12.2 Å². The van der Waals surface area contributed by atoms with Gasteiger partial charge in [0, 0.05) is 13.8 Å². The normalized spacial score (nSPS) is 17.2. The van der Waals surface area contributed by atoms with Gasteiger partial charge in [-0.25, -0.2) is 0 Å². The molecule has 0 aromatic carbocycles. The fourth-order valence-electron chi connectivity index (χ4n) is 1.76. The molecule has 4 atom stereocenters. The third-order valence-corrected chi connectivity index (χ3v) is 8.71. The van der Waals surface area contributed by atoms with Crippen molar-refractivity contribution in [2.75, 3.05) is 6.61 Å². The molecule has 0 spiro atoms. The average molecular weight is 378 g/mol. The molecule has 0 heterocycles. The number of hydrogen-bond donors (Lipinski definition) is 2. The van der Waals surface area contributed by atoms with Gasteiger partial charge in [-0.3, -0.25) is 9.59 Å². The zero-order chi connectivity index (χ0) is 20.0. The molecule has 0 aromatic heterocycles. The Morgan fingerprint density at radius 3 is 1.84 bits per heavy atom. The van der Waals surface area contributed by atoms with Crippen LogP contribution in [-0.2, 0) is 28.3 Å². The van der Waals surface area contributed by atoms with E-state index >= 15 is 0 Å². The van der Waals surface area contributed by atoms with Crippen molar-refractivity contribution in [1.29, 1.82) is 0 Å². The summed E-state index contributed by atoms with van der Waals surface area (Å²) in [6.07, 6.45) is -5.97. The number of esters is 2. The largest absolute Gasteiger partial charge is 0.456 e. The van der Waals surface area contributed by atoms with Gasteiger partial charge < -0.3 is 28.9 Å². The van der Waals surface area contributed by atoms with Gasteiger partial charge in [-0.1, -0.05) is 20.8 Å². The van der Waals surface area contributed by atoms with Crippen LogP contribution in [0.2, 0.25) is 18.1 Å². The summed E-state index contributed by atoms with van der Waals surface area (Å²) in [7, 11) is -2.20. The summed E-state index contributed by atoms with van der Waals surface area (Å²) in [5, 5.41) is 20.1. The van der Waals surface area contributed by atoms with E-state index in [1.807, 2.05) is 33.9 Å². The van der Waals surface area contributed by atoms with Crippen LogP contribution in [0, 0.1) is 0 Å². The van der Waals surface area contributed by atoms with Crippen LogP contribution in [0.5, 0.6) is 0 Å². The van der Waals surface area contributed by atoms with Gasteiger partial charge >= 0.3 is 11.9 Å².